The number of nitrogens with one attached hydrogen (secondary N) is 1. The van der Waals surface area contributed by atoms with E-state index in [1.807, 2.05) is 6.07 Å². The number of rotatable bonds is 4. The second-order valence-electron chi connectivity index (χ2n) is 6.95. The molecule has 1 aliphatic rings. The summed E-state index contributed by atoms with van der Waals surface area (Å²) in [7, 11) is 0. The third kappa shape index (κ3) is 5.21. The van der Waals surface area contributed by atoms with Crippen LogP contribution in [0, 0.1) is 11.3 Å². The lowest BCUT2D eigenvalue weighted by Crippen LogP contribution is -2.21. The molecule has 0 aliphatic heterocycles. The number of nitriles is 1. The van der Waals surface area contributed by atoms with Crippen LogP contribution in [0.5, 0.6) is 0 Å². The fraction of sp³-hybridized carbons (Fsp3) is 0.350. The minimum atomic E-state index is -5.13. The molecule has 0 fully saturated rings. The van der Waals surface area contributed by atoms with Gasteiger partial charge < -0.3 is 10.1 Å². The Morgan fingerprint density at radius 2 is 1.62 bits per heavy atom. The molecule has 32 heavy (non-hydrogen) atoms. The predicted octanol–water partition coefficient (Wildman–Crippen LogP) is 5.33. The Morgan fingerprint density at radius 1 is 1.03 bits per heavy atom. The van der Waals surface area contributed by atoms with Gasteiger partial charge in [-0.3, -0.25) is 4.79 Å². The van der Waals surface area contributed by atoms with Gasteiger partial charge in [0.1, 0.15) is 11.1 Å². The van der Waals surface area contributed by atoms with E-state index in [4.69, 9.17) is 0 Å². The highest BCUT2D eigenvalue weighted by atomic mass is 32.1. The number of esters is 1. The third-order valence-electron chi connectivity index (χ3n) is 4.69. The van der Waals surface area contributed by atoms with Gasteiger partial charge in [0.15, 0.2) is 6.61 Å². The molecule has 0 bridgehead atoms. The summed E-state index contributed by atoms with van der Waals surface area (Å²) in [5, 5.41) is 12.0. The number of anilines is 1. The van der Waals surface area contributed by atoms with E-state index in [1.54, 1.807) is 0 Å². The van der Waals surface area contributed by atoms with E-state index < -0.39 is 47.5 Å². The van der Waals surface area contributed by atoms with Crippen LogP contribution in [0.15, 0.2) is 18.2 Å². The highest BCUT2D eigenvalue weighted by Gasteiger charge is 2.37. The van der Waals surface area contributed by atoms with Crippen LogP contribution in [0.3, 0.4) is 0 Å². The first kappa shape index (κ1) is 23.6. The van der Waals surface area contributed by atoms with Crippen molar-refractivity contribution in [2.45, 2.75) is 38.0 Å². The second-order valence-corrected chi connectivity index (χ2v) is 8.05. The fourth-order valence-electron chi connectivity index (χ4n) is 3.22. The molecule has 1 N–H and O–H groups in total. The van der Waals surface area contributed by atoms with Crippen LogP contribution in [0.4, 0.5) is 31.3 Å². The molecule has 1 heterocycles. The summed E-state index contributed by atoms with van der Waals surface area (Å²) in [6.45, 7) is -0.954. The van der Waals surface area contributed by atoms with E-state index in [-0.39, 0.29) is 23.2 Å². The van der Waals surface area contributed by atoms with Crippen LogP contribution in [-0.2, 0) is 34.7 Å². The molecule has 3 rings (SSSR count). The summed E-state index contributed by atoms with van der Waals surface area (Å²) in [6, 6.07) is 2.33. The zero-order chi connectivity index (χ0) is 23.7. The number of aryl methyl sites for hydroxylation is 1. The average molecular weight is 476 g/mol. The molecular formula is C20H14F6N2O3S. The van der Waals surface area contributed by atoms with Gasteiger partial charge in [0.05, 0.1) is 22.3 Å². The molecule has 0 saturated heterocycles. The maximum absolute atomic E-state index is 12.9. The number of ether oxygens (including phenoxy) is 1. The molecule has 0 radical (unpaired) electrons. The zero-order valence-electron chi connectivity index (χ0n) is 16.1. The van der Waals surface area contributed by atoms with Gasteiger partial charge >= 0.3 is 18.3 Å². The lowest BCUT2D eigenvalue weighted by Gasteiger charge is -2.13. The van der Waals surface area contributed by atoms with E-state index in [1.165, 1.54) is 11.3 Å². The monoisotopic (exact) mass is 476 g/mol. The maximum Gasteiger partial charge on any atom is 0.416 e. The SMILES string of the molecule is N#Cc1c(NC(=O)COC(=O)c2cc(C(F)(F)F)cc(C(F)(F)F)c2)sc2c1CCCC2. The van der Waals surface area contributed by atoms with Gasteiger partial charge in [0, 0.05) is 4.88 Å². The van der Waals surface area contributed by atoms with Gasteiger partial charge in [-0.05, 0) is 49.4 Å². The van der Waals surface area contributed by atoms with Gasteiger partial charge in [-0.15, -0.1) is 11.3 Å². The van der Waals surface area contributed by atoms with Crippen molar-refractivity contribution in [2.24, 2.45) is 0 Å². The number of hydrogen-bond donors (Lipinski definition) is 1. The van der Waals surface area contributed by atoms with Crippen molar-refractivity contribution in [3.05, 3.63) is 50.9 Å². The first-order chi connectivity index (χ1) is 14.9. The Hall–Kier alpha value is -3.07. The van der Waals surface area contributed by atoms with E-state index in [0.717, 1.165) is 29.7 Å². The first-order valence-electron chi connectivity index (χ1n) is 9.21. The number of halogens is 6. The quantitative estimate of drug-likeness (QED) is 0.478. The predicted molar refractivity (Wildman–Crippen MR) is 101 cm³/mol. The van der Waals surface area contributed by atoms with Gasteiger partial charge in [-0.1, -0.05) is 0 Å². The molecule has 0 saturated carbocycles. The van der Waals surface area contributed by atoms with Gasteiger partial charge in [-0.2, -0.15) is 31.6 Å². The highest BCUT2D eigenvalue weighted by molar-refractivity contribution is 7.16. The molecular weight excluding hydrogens is 462 g/mol. The minimum Gasteiger partial charge on any atom is -0.452 e. The van der Waals surface area contributed by atoms with Crippen LogP contribution in [-0.4, -0.2) is 18.5 Å². The summed E-state index contributed by atoms with van der Waals surface area (Å²) in [6.07, 6.45) is -6.95. The molecule has 0 spiro atoms. The number of alkyl halides is 6. The van der Waals surface area contributed by atoms with Crippen LogP contribution in [0.1, 0.15) is 50.3 Å². The molecule has 1 aromatic carbocycles. The van der Waals surface area contributed by atoms with Crippen molar-refractivity contribution in [3.63, 3.8) is 0 Å². The number of thiophene rings is 1. The van der Waals surface area contributed by atoms with Gasteiger partial charge in [-0.25, -0.2) is 4.79 Å². The molecule has 5 nitrogen and oxygen atoms in total. The smallest absolute Gasteiger partial charge is 0.416 e. The molecule has 2 aromatic rings. The van der Waals surface area contributed by atoms with E-state index >= 15 is 0 Å². The summed E-state index contributed by atoms with van der Waals surface area (Å²) in [4.78, 5) is 25.1. The molecule has 12 heteroatoms. The topological polar surface area (TPSA) is 79.2 Å². The third-order valence-corrected chi connectivity index (χ3v) is 5.90. The minimum absolute atomic E-state index is 0.120. The average Bonchev–Trinajstić information content (AvgIpc) is 3.07. The molecule has 0 unspecified atom stereocenters. The number of hydrogen-bond acceptors (Lipinski definition) is 5. The van der Waals surface area contributed by atoms with Crippen molar-refractivity contribution < 1.29 is 40.7 Å². The van der Waals surface area contributed by atoms with Gasteiger partial charge in [0.2, 0.25) is 0 Å². The number of carbonyl (C=O) groups excluding carboxylic acids is 2. The number of amides is 1. The number of carbonyl (C=O) groups is 2. The molecule has 1 amide bonds. The van der Waals surface area contributed by atoms with Crippen LogP contribution in [0.25, 0.3) is 0 Å². The maximum atomic E-state index is 12.9. The van der Waals surface area contributed by atoms with Crippen LogP contribution >= 0.6 is 11.3 Å². The molecule has 1 aliphatic carbocycles. The molecule has 1 aromatic heterocycles. The second kappa shape index (κ2) is 8.82. The summed E-state index contributed by atoms with van der Waals surface area (Å²) >= 11 is 1.21. The Labute approximate surface area is 181 Å². The lowest BCUT2D eigenvalue weighted by atomic mass is 9.96. The first-order valence-corrected chi connectivity index (χ1v) is 10.0. The normalized spacial score (nSPS) is 13.8. The van der Waals surface area contributed by atoms with E-state index in [0.29, 0.717) is 12.0 Å². The van der Waals surface area contributed by atoms with Crippen molar-refractivity contribution >= 4 is 28.2 Å². The van der Waals surface area contributed by atoms with E-state index in [2.05, 4.69) is 10.1 Å². The Kier molecular flexibility index (Phi) is 6.50. The highest BCUT2D eigenvalue weighted by Crippen LogP contribution is 2.38. The van der Waals surface area contributed by atoms with Crippen molar-refractivity contribution in [1.29, 1.82) is 5.26 Å². The zero-order valence-corrected chi connectivity index (χ0v) is 16.9. The standard InChI is InChI=1S/C20H14F6N2O3S/c21-19(22,23)11-5-10(6-12(7-11)20(24,25)26)18(30)31-9-16(29)28-17-14(8-27)13-3-1-2-4-15(13)32-17/h5-7H,1-4,9H2,(H,28,29). The Bertz CT molecular complexity index is 1070. The molecule has 170 valence electrons. The Morgan fingerprint density at radius 3 is 2.19 bits per heavy atom. The summed E-state index contributed by atoms with van der Waals surface area (Å²) in [5.41, 5.74) is -3.20. The number of fused-ring (bicyclic) bond motifs is 1. The van der Waals surface area contributed by atoms with Crippen molar-refractivity contribution in [1.82, 2.24) is 0 Å². The van der Waals surface area contributed by atoms with Crippen molar-refractivity contribution in [3.8, 4) is 6.07 Å². The lowest BCUT2D eigenvalue weighted by molar-refractivity contribution is -0.143. The van der Waals surface area contributed by atoms with E-state index in [9.17, 15) is 41.2 Å². The van der Waals surface area contributed by atoms with Gasteiger partial charge in [0.25, 0.3) is 5.91 Å². The Balaban J connectivity index is 1.73. The van der Waals surface area contributed by atoms with Crippen LogP contribution < -0.4 is 5.32 Å². The van der Waals surface area contributed by atoms with Crippen LogP contribution in [0.2, 0.25) is 0 Å². The summed E-state index contributed by atoms with van der Waals surface area (Å²) < 4.78 is 82.1. The molecule has 0 atom stereocenters. The largest absolute Gasteiger partial charge is 0.452 e. The number of nitrogens with zero attached hydrogens (tertiary/aromatic N) is 1. The summed E-state index contributed by atoms with van der Waals surface area (Å²) in [5.74, 6) is -2.40. The fourth-order valence-corrected chi connectivity index (χ4v) is 4.48. The van der Waals surface area contributed by atoms with Crippen molar-refractivity contribution in [2.75, 3.05) is 11.9 Å². The number of benzene rings is 1.